The van der Waals surface area contributed by atoms with Crippen LogP contribution in [0.3, 0.4) is 0 Å². The van der Waals surface area contributed by atoms with Crippen LogP contribution in [-0.2, 0) is 4.79 Å². The van der Waals surface area contributed by atoms with Crippen molar-refractivity contribution in [3.8, 4) is 11.5 Å². The molecule has 2 aliphatic heterocycles. The number of aliphatic imine (C=N–C) groups is 1. The average Bonchev–Trinajstić information content (AvgIpc) is 3.37. The van der Waals surface area contributed by atoms with E-state index in [0.29, 0.717) is 36.0 Å². The minimum atomic E-state index is -0.706. The van der Waals surface area contributed by atoms with Crippen molar-refractivity contribution in [3.05, 3.63) is 48.3 Å². The molecule has 5 rings (SSSR count). The van der Waals surface area contributed by atoms with Crippen molar-refractivity contribution in [2.24, 2.45) is 4.99 Å². The van der Waals surface area contributed by atoms with Crippen LogP contribution < -0.4 is 14.4 Å². The molecule has 0 bridgehead atoms. The highest BCUT2D eigenvalue weighted by atomic mass is 16.5. The highest BCUT2D eigenvalue weighted by molar-refractivity contribution is 6.27. The van der Waals surface area contributed by atoms with E-state index in [-0.39, 0.29) is 5.78 Å². The zero-order chi connectivity index (χ0) is 23.2. The number of nitrogens with one attached hydrogen (secondary N) is 1. The normalized spacial score (nSPS) is 21.9. The Balaban J connectivity index is 1.69. The fraction of sp³-hybridized carbons (Fsp3) is 0.400. The van der Waals surface area contributed by atoms with Crippen molar-refractivity contribution in [2.75, 3.05) is 46.3 Å². The monoisotopic (exact) mass is 447 g/mol. The van der Waals surface area contributed by atoms with Gasteiger partial charge in [0.05, 0.1) is 30.9 Å². The third-order valence-corrected chi connectivity index (χ3v) is 6.96. The lowest BCUT2D eigenvalue weighted by atomic mass is 9.81. The van der Waals surface area contributed by atoms with Gasteiger partial charge in [0, 0.05) is 38.3 Å². The molecule has 1 spiro atoms. The van der Waals surface area contributed by atoms with Crippen LogP contribution in [0.4, 0.5) is 5.69 Å². The van der Waals surface area contributed by atoms with Gasteiger partial charge in [0.2, 0.25) is 0 Å². The molecule has 3 aromatic rings. The SMILES string of the molecule is CN=C1C(c2nc3ccccc3[nH]2)C(=O)C2(CCN(C)CC2)N1c1cc(OC)cc(OC)c1. The summed E-state index contributed by atoms with van der Waals surface area (Å²) in [6.07, 6.45) is 1.41. The molecule has 0 aliphatic carbocycles. The Morgan fingerprint density at radius 3 is 2.36 bits per heavy atom. The van der Waals surface area contributed by atoms with Crippen molar-refractivity contribution >= 4 is 28.3 Å². The Morgan fingerprint density at radius 2 is 1.76 bits per heavy atom. The summed E-state index contributed by atoms with van der Waals surface area (Å²) in [6.45, 7) is 1.65. The number of aromatic nitrogens is 2. The quantitative estimate of drug-likeness (QED) is 0.661. The van der Waals surface area contributed by atoms with Gasteiger partial charge in [-0.3, -0.25) is 9.79 Å². The third kappa shape index (κ3) is 3.36. The molecule has 2 fully saturated rings. The number of nitrogens with zero attached hydrogens (tertiary/aromatic N) is 4. The summed E-state index contributed by atoms with van der Waals surface area (Å²) in [6, 6.07) is 13.6. The zero-order valence-electron chi connectivity index (χ0n) is 19.5. The number of amidine groups is 1. The van der Waals surface area contributed by atoms with Gasteiger partial charge in [0.15, 0.2) is 5.78 Å². The molecule has 3 heterocycles. The van der Waals surface area contributed by atoms with Crippen LogP contribution in [0.15, 0.2) is 47.5 Å². The number of H-pyrrole nitrogens is 1. The summed E-state index contributed by atoms with van der Waals surface area (Å²) in [7, 11) is 7.10. The van der Waals surface area contributed by atoms with Crippen LogP contribution in [0.2, 0.25) is 0 Å². The Morgan fingerprint density at radius 1 is 1.09 bits per heavy atom. The fourth-order valence-corrected chi connectivity index (χ4v) is 5.19. The first-order valence-electron chi connectivity index (χ1n) is 11.2. The fourth-order valence-electron chi connectivity index (χ4n) is 5.19. The molecule has 1 N–H and O–H groups in total. The molecule has 2 saturated heterocycles. The number of benzene rings is 2. The third-order valence-electron chi connectivity index (χ3n) is 6.96. The maximum atomic E-state index is 14.3. The van der Waals surface area contributed by atoms with Crippen molar-refractivity contribution in [1.82, 2.24) is 14.9 Å². The second kappa shape index (κ2) is 8.19. The maximum absolute atomic E-state index is 14.3. The Bertz CT molecular complexity index is 1170. The van der Waals surface area contributed by atoms with Gasteiger partial charge in [-0.25, -0.2) is 4.98 Å². The highest BCUT2D eigenvalue weighted by Gasteiger charge is 2.59. The lowest BCUT2D eigenvalue weighted by Gasteiger charge is -2.43. The number of imidazole rings is 1. The average molecular weight is 448 g/mol. The van der Waals surface area contributed by atoms with Gasteiger partial charge >= 0.3 is 0 Å². The van der Waals surface area contributed by atoms with E-state index in [1.54, 1.807) is 21.3 Å². The summed E-state index contributed by atoms with van der Waals surface area (Å²) in [5.74, 6) is 2.24. The molecule has 33 heavy (non-hydrogen) atoms. The first-order valence-corrected chi connectivity index (χ1v) is 11.2. The second-order valence-corrected chi connectivity index (χ2v) is 8.76. The van der Waals surface area contributed by atoms with Crippen LogP contribution in [0, 0.1) is 0 Å². The van der Waals surface area contributed by atoms with E-state index < -0.39 is 11.5 Å². The van der Waals surface area contributed by atoms with Gasteiger partial charge in [0.25, 0.3) is 0 Å². The Labute approximate surface area is 193 Å². The number of anilines is 1. The number of rotatable bonds is 4. The van der Waals surface area contributed by atoms with Gasteiger partial charge in [-0.05, 0) is 32.0 Å². The van der Waals surface area contributed by atoms with E-state index in [2.05, 4.69) is 26.8 Å². The molecule has 0 amide bonds. The number of hydrogen-bond acceptors (Lipinski definition) is 6. The minimum absolute atomic E-state index is 0.136. The predicted molar refractivity (Wildman–Crippen MR) is 129 cm³/mol. The molecule has 2 aliphatic rings. The molecule has 0 saturated carbocycles. The molecule has 0 radical (unpaired) electrons. The summed E-state index contributed by atoms with van der Waals surface area (Å²) < 4.78 is 11.1. The molecule has 1 aromatic heterocycles. The molecule has 1 atom stereocenters. The number of fused-ring (bicyclic) bond motifs is 1. The molecule has 1 unspecified atom stereocenters. The van der Waals surface area contributed by atoms with Crippen molar-refractivity contribution < 1.29 is 14.3 Å². The maximum Gasteiger partial charge on any atom is 0.177 e. The number of aromatic amines is 1. The summed E-state index contributed by atoms with van der Waals surface area (Å²) in [4.78, 5) is 31.5. The van der Waals surface area contributed by atoms with Crippen LogP contribution in [-0.4, -0.2) is 73.4 Å². The van der Waals surface area contributed by atoms with Crippen LogP contribution in [0.25, 0.3) is 11.0 Å². The number of ketones is 1. The second-order valence-electron chi connectivity index (χ2n) is 8.76. The van der Waals surface area contributed by atoms with E-state index in [9.17, 15) is 4.79 Å². The molecule has 8 heteroatoms. The molecule has 2 aromatic carbocycles. The van der Waals surface area contributed by atoms with Crippen molar-refractivity contribution in [2.45, 2.75) is 24.3 Å². The first kappa shape index (κ1) is 21.5. The number of para-hydroxylation sites is 2. The molecule has 172 valence electrons. The van der Waals surface area contributed by atoms with Gasteiger partial charge in [0.1, 0.15) is 34.6 Å². The molecular formula is C25H29N5O3. The number of methoxy groups -OCH3 is 2. The number of hydrogen-bond donors (Lipinski definition) is 1. The van der Waals surface area contributed by atoms with Crippen molar-refractivity contribution in [3.63, 3.8) is 0 Å². The first-order chi connectivity index (χ1) is 16.0. The van der Waals surface area contributed by atoms with E-state index in [1.807, 2.05) is 42.5 Å². The summed E-state index contributed by atoms with van der Waals surface area (Å²) >= 11 is 0. The van der Waals surface area contributed by atoms with Crippen molar-refractivity contribution in [1.29, 1.82) is 0 Å². The minimum Gasteiger partial charge on any atom is -0.497 e. The van der Waals surface area contributed by atoms with Crippen LogP contribution >= 0.6 is 0 Å². The smallest absolute Gasteiger partial charge is 0.177 e. The number of likely N-dealkylation sites (tertiary alicyclic amines) is 1. The summed E-state index contributed by atoms with van der Waals surface area (Å²) in [5, 5.41) is 0. The standard InChI is InChI=1S/C25H29N5O3/c1-26-24-21(23-27-19-7-5-6-8-20(19)28-23)22(31)25(9-11-29(2)12-10-25)30(24)16-13-17(32-3)15-18(14-16)33-4/h5-8,13-15,21H,9-12H2,1-4H3,(H,27,28). The number of ether oxygens (including phenoxy) is 2. The summed E-state index contributed by atoms with van der Waals surface area (Å²) in [5.41, 5.74) is 1.88. The lowest BCUT2D eigenvalue weighted by molar-refractivity contribution is -0.124. The highest BCUT2D eigenvalue weighted by Crippen LogP contribution is 2.47. The van der Waals surface area contributed by atoms with Crippen LogP contribution in [0.1, 0.15) is 24.6 Å². The lowest BCUT2D eigenvalue weighted by Crippen LogP contribution is -2.56. The van der Waals surface area contributed by atoms with Gasteiger partial charge in [-0.2, -0.15) is 0 Å². The van der Waals surface area contributed by atoms with Crippen LogP contribution in [0.5, 0.6) is 11.5 Å². The largest absolute Gasteiger partial charge is 0.497 e. The van der Waals surface area contributed by atoms with E-state index >= 15 is 0 Å². The Kier molecular flexibility index (Phi) is 5.32. The topological polar surface area (TPSA) is 83.1 Å². The molecule has 8 nitrogen and oxygen atoms in total. The van der Waals surface area contributed by atoms with E-state index in [4.69, 9.17) is 14.5 Å². The number of Topliss-reactive ketones (excluding diaryl/α,β-unsaturated/α-hetero) is 1. The van der Waals surface area contributed by atoms with Gasteiger partial charge in [-0.15, -0.1) is 0 Å². The number of piperidine rings is 1. The number of carbonyl (C=O) groups is 1. The molecular weight excluding hydrogens is 418 g/mol. The van der Waals surface area contributed by atoms with Gasteiger partial charge < -0.3 is 24.3 Å². The number of carbonyl (C=O) groups excluding carboxylic acids is 1. The zero-order valence-corrected chi connectivity index (χ0v) is 19.5. The Hall–Kier alpha value is -3.39. The van der Waals surface area contributed by atoms with E-state index in [1.165, 1.54) is 0 Å². The van der Waals surface area contributed by atoms with Gasteiger partial charge in [-0.1, -0.05) is 12.1 Å². The predicted octanol–water partition coefficient (Wildman–Crippen LogP) is 3.25. The van der Waals surface area contributed by atoms with E-state index in [0.717, 1.165) is 29.8 Å².